The van der Waals surface area contributed by atoms with E-state index >= 15 is 0 Å². The molecule has 0 saturated heterocycles. The van der Waals surface area contributed by atoms with E-state index in [9.17, 15) is 19.2 Å². The third kappa shape index (κ3) is 2.51. The number of carbonyl (C=O) groups is 4. The molecule has 1 heterocycles. The minimum absolute atomic E-state index is 0.261. The van der Waals surface area contributed by atoms with E-state index in [2.05, 4.69) is 5.32 Å². The van der Waals surface area contributed by atoms with Crippen LogP contribution >= 0.6 is 0 Å². The van der Waals surface area contributed by atoms with Gasteiger partial charge in [0.1, 0.15) is 6.54 Å². The first kappa shape index (κ1) is 13.7. The summed E-state index contributed by atoms with van der Waals surface area (Å²) < 4.78 is 4.70. The van der Waals surface area contributed by atoms with Gasteiger partial charge in [0, 0.05) is 7.05 Å². The van der Waals surface area contributed by atoms with Gasteiger partial charge in [0.25, 0.3) is 17.6 Å². The van der Waals surface area contributed by atoms with Gasteiger partial charge in [-0.25, -0.2) is 0 Å². The van der Waals surface area contributed by atoms with Crippen LogP contribution in [0.2, 0.25) is 0 Å². The summed E-state index contributed by atoms with van der Waals surface area (Å²) in [5.41, 5.74) is 0.635. The number of benzene rings is 1. The third-order valence-electron chi connectivity index (χ3n) is 2.81. The monoisotopic (exact) mass is 276 g/mol. The summed E-state index contributed by atoms with van der Waals surface area (Å²) in [7, 11) is 1.41. The van der Waals surface area contributed by atoms with Crippen LogP contribution in [0.25, 0.3) is 0 Å². The number of amides is 2. The maximum absolute atomic E-state index is 11.8. The zero-order valence-corrected chi connectivity index (χ0v) is 10.7. The summed E-state index contributed by atoms with van der Waals surface area (Å²) in [6.45, 7) is -0.828. The van der Waals surface area contributed by atoms with Crippen molar-refractivity contribution in [2.24, 2.45) is 0 Å². The molecule has 2 amide bonds. The lowest BCUT2D eigenvalue weighted by Crippen LogP contribution is -2.36. The topological polar surface area (TPSA) is 92.8 Å². The van der Waals surface area contributed by atoms with Gasteiger partial charge in [-0.1, -0.05) is 12.1 Å². The Morgan fingerprint density at radius 3 is 2.65 bits per heavy atom. The van der Waals surface area contributed by atoms with E-state index in [1.807, 2.05) is 0 Å². The second kappa shape index (κ2) is 5.52. The fourth-order valence-electron chi connectivity index (χ4n) is 1.80. The molecule has 0 aliphatic carbocycles. The molecule has 2 rings (SSSR count). The van der Waals surface area contributed by atoms with Crippen LogP contribution in [-0.4, -0.2) is 43.8 Å². The molecule has 0 aromatic heterocycles. The Morgan fingerprint density at radius 1 is 1.25 bits per heavy atom. The SMILES string of the molecule is CNC(=O)COC(=O)CN1C(=O)C(=O)c2ccccc21. The van der Waals surface area contributed by atoms with Crippen LogP contribution < -0.4 is 10.2 Å². The van der Waals surface area contributed by atoms with Gasteiger partial charge >= 0.3 is 5.97 Å². The molecule has 1 N–H and O–H groups in total. The van der Waals surface area contributed by atoms with Crippen LogP contribution in [0.4, 0.5) is 5.69 Å². The first-order valence-electron chi connectivity index (χ1n) is 5.86. The number of ether oxygens (including phenoxy) is 1. The molecule has 0 unspecified atom stereocenters. The van der Waals surface area contributed by atoms with Crippen molar-refractivity contribution in [2.45, 2.75) is 0 Å². The van der Waals surface area contributed by atoms with E-state index in [4.69, 9.17) is 4.74 Å². The quantitative estimate of drug-likeness (QED) is 0.591. The predicted octanol–water partition coefficient (Wildman–Crippen LogP) is -0.495. The number of nitrogens with zero attached hydrogens (tertiary/aromatic N) is 1. The van der Waals surface area contributed by atoms with Crippen molar-refractivity contribution in [1.82, 2.24) is 5.32 Å². The molecule has 0 spiro atoms. The number of nitrogens with one attached hydrogen (secondary N) is 1. The molecule has 7 nitrogen and oxygen atoms in total. The Bertz CT molecular complexity index is 596. The Labute approximate surface area is 114 Å². The highest BCUT2D eigenvalue weighted by atomic mass is 16.5. The van der Waals surface area contributed by atoms with Gasteiger partial charge in [-0.15, -0.1) is 0 Å². The van der Waals surface area contributed by atoms with Gasteiger partial charge in [0.05, 0.1) is 11.3 Å². The zero-order chi connectivity index (χ0) is 14.7. The largest absolute Gasteiger partial charge is 0.454 e. The number of fused-ring (bicyclic) bond motifs is 1. The summed E-state index contributed by atoms with van der Waals surface area (Å²) in [6.07, 6.45) is 0. The fraction of sp³-hybridized carbons (Fsp3) is 0.231. The lowest BCUT2D eigenvalue weighted by atomic mass is 10.1. The Morgan fingerprint density at radius 2 is 1.95 bits per heavy atom. The number of likely N-dealkylation sites (N-methyl/N-ethyl adjacent to an activating group) is 1. The van der Waals surface area contributed by atoms with E-state index in [1.165, 1.54) is 13.1 Å². The minimum Gasteiger partial charge on any atom is -0.454 e. The summed E-state index contributed by atoms with van der Waals surface area (Å²) >= 11 is 0. The molecular weight excluding hydrogens is 264 g/mol. The molecule has 1 aliphatic rings. The van der Waals surface area contributed by atoms with Crippen molar-refractivity contribution >= 4 is 29.3 Å². The summed E-state index contributed by atoms with van der Waals surface area (Å²) in [5, 5.41) is 2.29. The first-order chi connectivity index (χ1) is 9.54. The van der Waals surface area contributed by atoms with Crippen LogP contribution in [0.1, 0.15) is 10.4 Å². The second-order valence-corrected chi connectivity index (χ2v) is 4.07. The molecule has 1 aliphatic heterocycles. The van der Waals surface area contributed by atoms with Gasteiger partial charge in [0.15, 0.2) is 6.61 Å². The van der Waals surface area contributed by atoms with Gasteiger partial charge in [-0.05, 0) is 12.1 Å². The smallest absolute Gasteiger partial charge is 0.326 e. The fourth-order valence-corrected chi connectivity index (χ4v) is 1.80. The number of hydrogen-bond acceptors (Lipinski definition) is 5. The number of ketones is 1. The van der Waals surface area contributed by atoms with Crippen LogP contribution in [-0.2, 0) is 19.1 Å². The molecule has 0 saturated carbocycles. The summed E-state index contributed by atoms with van der Waals surface area (Å²) in [6, 6.07) is 6.39. The maximum atomic E-state index is 11.8. The zero-order valence-electron chi connectivity index (χ0n) is 10.7. The van der Waals surface area contributed by atoms with E-state index in [1.54, 1.807) is 18.2 Å². The van der Waals surface area contributed by atoms with Crippen molar-refractivity contribution in [3.8, 4) is 0 Å². The molecule has 1 aromatic rings. The van der Waals surface area contributed by atoms with Crippen molar-refractivity contribution in [3.63, 3.8) is 0 Å². The van der Waals surface area contributed by atoms with Gasteiger partial charge in [0.2, 0.25) is 0 Å². The molecule has 1 aromatic carbocycles. The molecule has 104 valence electrons. The van der Waals surface area contributed by atoms with E-state index in [0.717, 1.165) is 4.90 Å². The normalized spacial score (nSPS) is 13.2. The van der Waals surface area contributed by atoms with Gasteiger partial charge in [-0.2, -0.15) is 0 Å². The molecule has 0 bridgehead atoms. The van der Waals surface area contributed by atoms with Crippen molar-refractivity contribution in [1.29, 1.82) is 0 Å². The van der Waals surface area contributed by atoms with Crippen LogP contribution in [0.5, 0.6) is 0 Å². The number of para-hydroxylation sites is 1. The summed E-state index contributed by atoms with van der Waals surface area (Å²) in [4.78, 5) is 47.0. The van der Waals surface area contributed by atoms with Crippen LogP contribution in [0, 0.1) is 0 Å². The third-order valence-corrected chi connectivity index (χ3v) is 2.81. The molecule has 20 heavy (non-hydrogen) atoms. The van der Waals surface area contributed by atoms with Gasteiger partial charge in [-0.3, -0.25) is 24.1 Å². The van der Waals surface area contributed by atoms with Crippen LogP contribution in [0.3, 0.4) is 0 Å². The van der Waals surface area contributed by atoms with Crippen molar-refractivity contribution in [3.05, 3.63) is 29.8 Å². The highest BCUT2D eigenvalue weighted by Gasteiger charge is 2.36. The Kier molecular flexibility index (Phi) is 3.79. The minimum atomic E-state index is -0.775. The Hall–Kier alpha value is -2.70. The number of anilines is 1. The number of esters is 1. The highest BCUT2D eigenvalue weighted by Crippen LogP contribution is 2.28. The number of Topliss-reactive ketones (excluding diaryl/α,β-unsaturated/α-hetero) is 1. The molecule has 0 atom stereocenters. The number of hydrogen-bond donors (Lipinski definition) is 1. The lowest BCUT2D eigenvalue weighted by molar-refractivity contribution is -0.147. The molecule has 7 heteroatoms. The standard InChI is InChI=1S/C13H12N2O5/c1-14-10(16)7-20-11(17)6-15-9-5-3-2-4-8(9)12(18)13(15)19/h2-5H,6-7H2,1H3,(H,14,16). The van der Waals surface area contributed by atoms with Crippen LogP contribution in [0.15, 0.2) is 24.3 Å². The summed E-state index contributed by atoms with van der Waals surface area (Å²) in [5.74, 6) is -2.64. The van der Waals surface area contributed by atoms with E-state index < -0.39 is 36.7 Å². The average molecular weight is 276 g/mol. The second-order valence-electron chi connectivity index (χ2n) is 4.07. The molecule has 0 radical (unpaired) electrons. The number of carbonyl (C=O) groups excluding carboxylic acids is 4. The van der Waals surface area contributed by atoms with Crippen molar-refractivity contribution < 1.29 is 23.9 Å². The predicted molar refractivity (Wildman–Crippen MR) is 68.2 cm³/mol. The van der Waals surface area contributed by atoms with E-state index in [0.29, 0.717) is 5.69 Å². The maximum Gasteiger partial charge on any atom is 0.326 e. The lowest BCUT2D eigenvalue weighted by Gasteiger charge is -2.15. The highest BCUT2D eigenvalue weighted by molar-refractivity contribution is 6.52. The first-order valence-corrected chi connectivity index (χ1v) is 5.86. The van der Waals surface area contributed by atoms with Crippen molar-refractivity contribution in [2.75, 3.05) is 25.1 Å². The van der Waals surface area contributed by atoms with E-state index in [-0.39, 0.29) is 5.56 Å². The number of rotatable bonds is 4. The Balaban J connectivity index is 2.07. The molecular formula is C13H12N2O5. The molecule has 0 fully saturated rings. The van der Waals surface area contributed by atoms with Gasteiger partial charge < -0.3 is 10.1 Å². The average Bonchev–Trinajstić information content (AvgIpc) is 2.70.